The number of thioether (sulfide) groups is 1. The molecule has 3 atom stereocenters. The molecule has 0 radical (unpaired) electrons. The highest BCUT2D eigenvalue weighted by Gasteiger charge is 2.27. The van der Waals surface area contributed by atoms with Crippen LogP contribution in [0, 0.1) is 11.8 Å². The van der Waals surface area contributed by atoms with Crippen LogP contribution < -0.4 is 5.32 Å². The van der Waals surface area contributed by atoms with Gasteiger partial charge >= 0.3 is 0 Å². The van der Waals surface area contributed by atoms with Crippen molar-refractivity contribution in [1.82, 2.24) is 5.32 Å². The predicted octanol–water partition coefficient (Wildman–Crippen LogP) is 4.58. The largest absolute Gasteiger partial charge is 0.314 e. The van der Waals surface area contributed by atoms with Gasteiger partial charge in [0, 0.05) is 10.9 Å². The van der Waals surface area contributed by atoms with E-state index < -0.39 is 0 Å². The molecule has 0 aliphatic heterocycles. The summed E-state index contributed by atoms with van der Waals surface area (Å²) in [6, 6.07) is 11.6. The number of rotatable bonds is 6. The quantitative estimate of drug-likeness (QED) is 0.764. The molecular weight excluding hydrogens is 250 g/mol. The van der Waals surface area contributed by atoms with Gasteiger partial charge in [-0.25, -0.2) is 0 Å². The summed E-state index contributed by atoms with van der Waals surface area (Å²) in [5, 5.41) is 3.69. The zero-order chi connectivity index (χ0) is 13.5. The van der Waals surface area contributed by atoms with E-state index in [1.165, 1.54) is 36.3 Å². The van der Waals surface area contributed by atoms with Gasteiger partial charge in [-0.2, -0.15) is 0 Å². The van der Waals surface area contributed by atoms with E-state index in [1.54, 1.807) is 0 Å². The molecule has 106 valence electrons. The van der Waals surface area contributed by atoms with Crippen LogP contribution in [-0.2, 0) is 0 Å². The highest BCUT2D eigenvalue weighted by molar-refractivity contribution is 7.99. The maximum Gasteiger partial charge on any atom is 0.00957 e. The highest BCUT2D eigenvalue weighted by atomic mass is 32.2. The van der Waals surface area contributed by atoms with Crippen LogP contribution in [0.15, 0.2) is 35.2 Å². The number of hydrogen-bond donors (Lipinski definition) is 1. The van der Waals surface area contributed by atoms with E-state index >= 15 is 0 Å². The van der Waals surface area contributed by atoms with Crippen molar-refractivity contribution in [2.75, 3.05) is 12.3 Å². The smallest absolute Gasteiger partial charge is 0.00957 e. The van der Waals surface area contributed by atoms with E-state index in [0.717, 1.165) is 24.4 Å². The van der Waals surface area contributed by atoms with Crippen molar-refractivity contribution in [3.05, 3.63) is 30.3 Å². The first-order chi connectivity index (χ1) is 9.29. The van der Waals surface area contributed by atoms with Crippen molar-refractivity contribution < 1.29 is 0 Å². The molecule has 1 fully saturated rings. The molecule has 1 saturated carbocycles. The van der Waals surface area contributed by atoms with E-state index in [2.05, 4.69) is 49.5 Å². The Hall–Kier alpha value is -0.470. The van der Waals surface area contributed by atoms with Crippen molar-refractivity contribution in [2.24, 2.45) is 11.8 Å². The molecule has 2 rings (SSSR count). The highest BCUT2D eigenvalue weighted by Crippen LogP contribution is 2.33. The molecule has 0 spiro atoms. The summed E-state index contributed by atoms with van der Waals surface area (Å²) in [5.41, 5.74) is 0. The molecule has 0 heterocycles. The molecule has 1 nitrogen and oxygen atoms in total. The van der Waals surface area contributed by atoms with E-state index in [1.807, 2.05) is 11.8 Å². The third-order valence-corrected chi connectivity index (χ3v) is 5.26. The van der Waals surface area contributed by atoms with Crippen LogP contribution in [0.3, 0.4) is 0 Å². The Bertz CT molecular complexity index is 352. The molecule has 1 aliphatic carbocycles. The molecule has 19 heavy (non-hydrogen) atoms. The Morgan fingerprint density at radius 3 is 2.74 bits per heavy atom. The molecule has 0 aromatic heterocycles. The standard InChI is InChI=1S/C17H27NS/c1-3-18-17-10-9-14(2)13-15(17)11-12-19-16-7-5-4-6-8-16/h4-8,14-15,17-18H,3,9-13H2,1-2H3. The van der Waals surface area contributed by atoms with E-state index in [4.69, 9.17) is 0 Å². The summed E-state index contributed by atoms with van der Waals surface area (Å²) in [6.07, 6.45) is 5.53. The third-order valence-electron chi connectivity index (χ3n) is 4.21. The van der Waals surface area contributed by atoms with Crippen molar-refractivity contribution >= 4 is 11.8 Å². The Morgan fingerprint density at radius 1 is 1.21 bits per heavy atom. The first-order valence-corrected chi connectivity index (χ1v) is 8.69. The normalized spacial score (nSPS) is 27.4. The maximum atomic E-state index is 3.69. The average Bonchev–Trinajstić information content (AvgIpc) is 2.43. The molecule has 0 bridgehead atoms. The molecule has 2 heteroatoms. The lowest BCUT2D eigenvalue weighted by Gasteiger charge is -2.35. The second-order valence-corrected chi connectivity index (χ2v) is 6.96. The second kappa shape index (κ2) is 7.96. The Kier molecular flexibility index (Phi) is 6.25. The third kappa shape index (κ3) is 4.85. The SMILES string of the molecule is CCNC1CCC(C)CC1CCSc1ccccc1. The van der Waals surface area contributed by atoms with Crippen LogP contribution in [-0.4, -0.2) is 18.3 Å². The number of nitrogens with one attached hydrogen (secondary N) is 1. The van der Waals surface area contributed by atoms with Gasteiger partial charge in [-0.3, -0.25) is 0 Å². The van der Waals surface area contributed by atoms with Crippen LogP contribution in [0.2, 0.25) is 0 Å². The maximum absolute atomic E-state index is 3.69. The van der Waals surface area contributed by atoms with Crippen LogP contribution >= 0.6 is 11.8 Å². The molecule has 1 aliphatic rings. The van der Waals surface area contributed by atoms with E-state index in [9.17, 15) is 0 Å². The lowest BCUT2D eigenvalue weighted by molar-refractivity contribution is 0.211. The van der Waals surface area contributed by atoms with Gasteiger partial charge in [-0.1, -0.05) is 32.0 Å². The summed E-state index contributed by atoms with van der Waals surface area (Å²) >= 11 is 2.01. The summed E-state index contributed by atoms with van der Waals surface area (Å²) in [7, 11) is 0. The van der Waals surface area contributed by atoms with Gasteiger partial charge in [-0.15, -0.1) is 11.8 Å². The van der Waals surface area contributed by atoms with Gasteiger partial charge in [0.25, 0.3) is 0 Å². The van der Waals surface area contributed by atoms with Gasteiger partial charge in [0.15, 0.2) is 0 Å². The number of hydrogen-bond acceptors (Lipinski definition) is 2. The fourth-order valence-electron chi connectivity index (χ4n) is 3.19. The summed E-state index contributed by atoms with van der Waals surface area (Å²) < 4.78 is 0. The fraction of sp³-hybridized carbons (Fsp3) is 0.647. The second-order valence-electron chi connectivity index (χ2n) is 5.79. The fourth-order valence-corrected chi connectivity index (χ4v) is 4.20. The van der Waals surface area contributed by atoms with Crippen LogP contribution in [0.4, 0.5) is 0 Å². The Morgan fingerprint density at radius 2 is 2.00 bits per heavy atom. The minimum atomic E-state index is 0.762. The molecule has 1 aromatic carbocycles. The van der Waals surface area contributed by atoms with Crippen molar-refractivity contribution in [1.29, 1.82) is 0 Å². The molecular formula is C17H27NS. The van der Waals surface area contributed by atoms with Crippen molar-refractivity contribution in [3.8, 4) is 0 Å². The lowest BCUT2D eigenvalue weighted by atomic mass is 9.77. The Labute approximate surface area is 122 Å². The first-order valence-electron chi connectivity index (χ1n) is 7.70. The molecule has 1 aromatic rings. The van der Waals surface area contributed by atoms with Crippen LogP contribution in [0.1, 0.15) is 39.5 Å². The minimum Gasteiger partial charge on any atom is -0.314 e. The van der Waals surface area contributed by atoms with Gasteiger partial charge in [-0.05, 0) is 61.9 Å². The summed E-state index contributed by atoms with van der Waals surface area (Å²) in [6.45, 7) is 5.76. The molecule has 0 saturated heterocycles. The number of benzene rings is 1. The summed E-state index contributed by atoms with van der Waals surface area (Å²) in [5.74, 6) is 3.05. The van der Waals surface area contributed by atoms with E-state index in [-0.39, 0.29) is 0 Å². The minimum absolute atomic E-state index is 0.762. The van der Waals surface area contributed by atoms with Gasteiger partial charge in [0.1, 0.15) is 0 Å². The Balaban J connectivity index is 1.78. The zero-order valence-electron chi connectivity index (χ0n) is 12.3. The lowest BCUT2D eigenvalue weighted by Crippen LogP contribution is -2.40. The van der Waals surface area contributed by atoms with Crippen LogP contribution in [0.25, 0.3) is 0 Å². The average molecular weight is 277 g/mol. The topological polar surface area (TPSA) is 12.0 Å². The van der Waals surface area contributed by atoms with Crippen LogP contribution in [0.5, 0.6) is 0 Å². The summed E-state index contributed by atoms with van der Waals surface area (Å²) in [4.78, 5) is 1.41. The molecule has 0 amide bonds. The predicted molar refractivity (Wildman–Crippen MR) is 85.8 cm³/mol. The molecule has 1 N–H and O–H groups in total. The van der Waals surface area contributed by atoms with Crippen molar-refractivity contribution in [3.63, 3.8) is 0 Å². The molecule has 3 unspecified atom stereocenters. The van der Waals surface area contributed by atoms with Gasteiger partial charge in [0.05, 0.1) is 0 Å². The monoisotopic (exact) mass is 277 g/mol. The first kappa shape index (κ1) is 14.9. The van der Waals surface area contributed by atoms with Gasteiger partial charge in [0.2, 0.25) is 0 Å². The zero-order valence-corrected chi connectivity index (χ0v) is 13.1. The van der Waals surface area contributed by atoms with E-state index in [0.29, 0.717) is 0 Å². The van der Waals surface area contributed by atoms with Crippen molar-refractivity contribution in [2.45, 2.75) is 50.5 Å². The van der Waals surface area contributed by atoms with Gasteiger partial charge < -0.3 is 5.32 Å².